The summed E-state index contributed by atoms with van der Waals surface area (Å²) in [6.07, 6.45) is 3.54. The van der Waals surface area contributed by atoms with Gasteiger partial charge in [0.2, 0.25) is 0 Å². The number of pyridine rings is 1. The molecule has 6 heteroatoms. The van der Waals surface area contributed by atoms with E-state index in [9.17, 15) is 10.1 Å². The van der Waals surface area contributed by atoms with E-state index in [1.165, 1.54) is 6.20 Å². The molecule has 6 nitrogen and oxygen atoms in total. The monoisotopic (exact) mass is 308 g/mol. The Morgan fingerprint density at radius 3 is 2.61 bits per heavy atom. The van der Waals surface area contributed by atoms with Crippen molar-refractivity contribution in [3.05, 3.63) is 63.3 Å². The van der Waals surface area contributed by atoms with E-state index in [1.54, 1.807) is 25.1 Å². The van der Waals surface area contributed by atoms with Gasteiger partial charge in [-0.05, 0) is 43.5 Å². The predicted octanol–water partition coefficient (Wildman–Crippen LogP) is 3.34. The molecule has 1 heterocycles. The fraction of sp³-hybridized carbons (Fsp3) is 0.294. The van der Waals surface area contributed by atoms with Gasteiger partial charge in [-0.2, -0.15) is 5.26 Å². The van der Waals surface area contributed by atoms with E-state index < -0.39 is 4.92 Å². The highest BCUT2D eigenvalue weighted by atomic mass is 16.6. The average molecular weight is 308 g/mol. The highest BCUT2D eigenvalue weighted by Gasteiger charge is 2.30. The number of nitrogens with zero attached hydrogens (tertiary/aromatic N) is 4. The van der Waals surface area contributed by atoms with Gasteiger partial charge in [0, 0.05) is 18.2 Å². The summed E-state index contributed by atoms with van der Waals surface area (Å²) < 4.78 is 0. The minimum atomic E-state index is -0.409. The lowest BCUT2D eigenvalue weighted by atomic mass is 10.1. The van der Waals surface area contributed by atoms with Gasteiger partial charge < -0.3 is 4.90 Å². The molecular weight excluding hydrogens is 292 g/mol. The second-order valence-electron chi connectivity index (χ2n) is 5.75. The first-order valence-corrected chi connectivity index (χ1v) is 7.45. The van der Waals surface area contributed by atoms with Crippen LogP contribution in [0.25, 0.3) is 0 Å². The summed E-state index contributed by atoms with van der Waals surface area (Å²) in [4.78, 5) is 17.0. The van der Waals surface area contributed by atoms with Crippen molar-refractivity contribution >= 4 is 11.5 Å². The summed E-state index contributed by atoms with van der Waals surface area (Å²) >= 11 is 0. The third kappa shape index (κ3) is 3.29. The molecule has 2 aromatic rings. The molecule has 0 unspecified atom stereocenters. The third-order valence-electron chi connectivity index (χ3n) is 3.98. The van der Waals surface area contributed by atoms with Gasteiger partial charge in [0.25, 0.3) is 5.69 Å². The minimum absolute atomic E-state index is 0.0443. The van der Waals surface area contributed by atoms with Crippen molar-refractivity contribution in [2.24, 2.45) is 0 Å². The zero-order valence-corrected chi connectivity index (χ0v) is 12.8. The number of anilines is 1. The van der Waals surface area contributed by atoms with E-state index in [4.69, 9.17) is 5.26 Å². The second kappa shape index (κ2) is 6.05. The van der Waals surface area contributed by atoms with Crippen LogP contribution < -0.4 is 4.90 Å². The molecule has 0 saturated heterocycles. The van der Waals surface area contributed by atoms with Crippen LogP contribution in [-0.4, -0.2) is 15.9 Å². The molecule has 0 atom stereocenters. The first-order chi connectivity index (χ1) is 11.1. The molecule has 3 rings (SSSR count). The van der Waals surface area contributed by atoms with Gasteiger partial charge in [0.1, 0.15) is 12.0 Å². The minimum Gasteiger partial charge on any atom is -0.349 e. The lowest BCUT2D eigenvalue weighted by Crippen LogP contribution is -2.26. The second-order valence-corrected chi connectivity index (χ2v) is 5.75. The molecular formula is C17H16N4O2. The largest absolute Gasteiger partial charge is 0.349 e. The van der Waals surface area contributed by atoms with Gasteiger partial charge in [-0.1, -0.05) is 12.1 Å². The summed E-state index contributed by atoms with van der Waals surface area (Å²) in [6.45, 7) is 2.41. The average Bonchev–Trinajstić information content (AvgIpc) is 3.37. The number of rotatable bonds is 5. The molecule has 1 aliphatic carbocycles. The molecule has 1 fully saturated rings. The van der Waals surface area contributed by atoms with Gasteiger partial charge in [0.05, 0.1) is 16.6 Å². The highest BCUT2D eigenvalue weighted by Crippen LogP contribution is 2.33. The van der Waals surface area contributed by atoms with Crippen molar-refractivity contribution in [2.45, 2.75) is 32.4 Å². The number of aryl methyl sites for hydroxylation is 1. The Bertz CT molecular complexity index is 776. The topological polar surface area (TPSA) is 83.1 Å². The van der Waals surface area contributed by atoms with E-state index in [0.29, 0.717) is 23.7 Å². The van der Waals surface area contributed by atoms with Crippen LogP contribution in [0, 0.1) is 28.4 Å². The Morgan fingerprint density at radius 1 is 1.39 bits per heavy atom. The fourth-order valence-electron chi connectivity index (χ4n) is 2.55. The number of nitriles is 1. The smallest absolute Gasteiger partial charge is 0.290 e. The number of hydrogen-bond donors (Lipinski definition) is 0. The number of benzene rings is 1. The zero-order chi connectivity index (χ0) is 16.4. The van der Waals surface area contributed by atoms with E-state index in [-0.39, 0.29) is 5.69 Å². The quantitative estimate of drug-likeness (QED) is 0.625. The Kier molecular flexibility index (Phi) is 3.94. The van der Waals surface area contributed by atoms with Crippen molar-refractivity contribution in [1.29, 1.82) is 5.26 Å². The van der Waals surface area contributed by atoms with Crippen molar-refractivity contribution in [3.8, 4) is 6.07 Å². The lowest BCUT2D eigenvalue weighted by molar-refractivity contribution is -0.385. The summed E-state index contributed by atoms with van der Waals surface area (Å²) in [5.74, 6) is 0.764. The first kappa shape index (κ1) is 15.0. The van der Waals surface area contributed by atoms with Crippen LogP contribution >= 0.6 is 0 Å². The number of aromatic nitrogens is 1. The molecule has 1 aromatic carbocycles. The summed E-state index contributed by atoms with van der Waals surface area (Å²) in [6, 6.07) is 11.8. The number of nitro groups is 1. The number of hydrogen-bond acceptors (Lipinski definition) is 5. The van der Waals surface area contributed by atoms with Gasteiger partial charge in [-0.15, -0.1) is 0 Å². The molecule has 1 aromatic heterocycles. The Balaban J connectivity index is 1.85. The Morgan fingerprint density at radius 2 is 2.09 bits per heavy atom. The maximum Gasteiger partial charge on any atom is 0.290 e. The van der Waals surface area contributed by atoms with Crippen LogP contribution in [0.4, 0.5) is 11.5 Å². The maximum atomic E-state index is 10.9. The Hall–Kier alpha value is -2.94. The lowest BCUT2D eigenvalue weighted by Gasteiger charge is -2.24. The van der Waals surface area contributed by atoms with Crippen LogP contribution in [-0.2, 0) is 6.54 Å². The standard InChI is InChI=1S/C17H16N4O2/c1-12-8-17(19-10-16(12)21(22)23)20(15-6-7-15)11-14-4-2-13(9-18)3-5-14/h2-5,8,10,15H,6-7,11H2,1H3. The van der Waals surface area contributed by atoms with E-state index in [2.05, 4.69) is 16.0 Å². The maximum absolute atomic E-state index is 10.9. The first-order valence-electron chi connectivity index (χ1n) is 7.45. The molecule has 116 valence electrons. The molecule has 0 N–H and O–H groups in total. The predicted molar refractivity (Wildman–Crippen MR) is 86.0 cm³/mol. The van der Waals surface area contributed by atoms with Gasteiger partial charge in [-0.25, -0.2) is 4.98 Å². The molecule has 0 radical (unpaired) electrons. The molecule has 0 amide bonds. The summed E-state index contributed by atoms with van der Waals surface area (Å²) in [7, 11) is 0. The van der Waals surface area contributed by atoms with Crippen LogP contribution in [0.1, 0.15) is 29.5 Å². The van der Waals surface area contributed by atoms with Crippen molar-refractivity contribution in [1.82, 2.24) is 4.98 Å². The van der Waals surface area contributed by atoms with Crippen molar-refractivity contribution in [3.63, 3.8) is 0 Å². The van der Waals surface area contributed by atoms with Crippen molar-refractivity contribution in [2.75, 3.05) is 4.90 Å². The van der Waals surface area contributed by atoms with Gasteiger partial charge in [-0.3, -0.25) is 10.1 Å². The third-order valence-corrected chi connectivity index (χ3v) is 3.98. The summed E-state index contributed by atoms with van der Waals surface area (Å²) in [5, 5.41) is 19.8. The zero-order valence-electron chi connectivity index (χ0n) is 12.8. The van der Waals surface area contributed by atoms with Gasteiger partial charge in [0.15, 0.2) is 0 Å². The fourth-order valence-corrected chi connectivity index (χ4v) is 2.55. The van der Waals surface area contributed by atoms with E-state index in [0.717, 1.165) is 24.2 Å². The molecule has 1 saturated carbocycles. The van der Waals surface area contributed by atoms with E-state index >= 15 is 0 Å². The van der Waals surface area contributed by atoms with Crippen LogP contribution in [0.2, 0.25) is 0 Å². The normalized spacial score (nSPS) is 13.4. The Labute approximate surface area is 134 Å². The highest BCUT2D eigenvalue weighted by molar-refractivity contribution is 5.50. The summed E-state index contributed by atoms with van der Waals surface area (Å²) in [5.41, 5.74) is 2.39. The molecule has 0 spiro atoms. The molecule has 0 bridgehead atoms. The molecule has 1 aliphatic rings. The SMILES string of the molecule is Cc1cc(N(Cc2ccc(C#N)cc2)C2CC2)ncc1[N+](=O)[O-]. The van der Waals surface area contributed by atoms with Gasteiger partial charge >= 0.3 is 0 Å². The van der Waals surface area contributed by atoms with Crippen LogP contribution in [0.15, 0.2) is 36.5 Å². The molecule has 0 aliphatic heterocycles. The van der Waals surface area contributed by atoms with Crippen LogP contribution in [0.5, 0.6) is 0 Å². The molecule has 23 heavy (non-hydrogen) atoms. The van der Waals surface area contributed by atoms with E-state index in [1.807, 2.05) is 12.1 Å². The van der Waals surface area contributed by atoms with Crippen molar-refractivity contribution < 1.29 is 4.92 Å². The van der Waals surface area contributed by atoms with Crippen LogP contribution in [0.3, 0.4) is 0 Å².